The number of carboxylic acid groups (broad SMARTS) is 1. The second-order valence-corrected chi connectivity index (χ2v) is 4.09. The lowest BCUT2D eigenvalue weighted by Crippen LogP contribution is -1.96. The van der Waals surface area contributed by atoms with E-state index in [-0.39, 0.29) is 15.6 Å². The molecule has 2 aromatic rings. The van der Waals surface area contributed by atoms with Gasteiger partial charge in [-0.05, 0) is 12.1 Å². The zero-order chi connectivity index (χ0) is 13.5. The third-order valence-electron chi connectivity index (χ3n) is 1.93. The number of aromatic carboxylic acids is 1. The number of benzene rings is 2. The molecule has 2 rings (SSSR count). The van der Waals surface area contributed by atoms with Gasteiger partial charge in [0.25, 0.3) is 0 Å². The summed E-state index contributed by atoms with van der Waals surface area (Å²) in [5.74, 6) is -1.73. The quantitative estimate of drug-likeness (QED) is 0.829. The lowest BCUT2D eigenvalue weighted by atomic mass is 10.2. The van der Waals surface area contributed by atoms with Gasteiger partial charge in [0.15, 0.2) is 0 Å². The second-order valence-electron chi connectivity index (χ2n) is 3.24. The van der Waals surface area contributed by atoms with E-state index in [9.17, 15) is 4.79 Å². The van der Waals surface area contributed by atoms with Crippen molar-refractivity contribution in [2.45, 2.75) is 0 Å². The van der Waals surface area contributed by atoms with Crippen molar-refractivity contribution < 1.29 is 15.0 Å². The van der Waals surface area contributed by atoms with Gasteiger partial charge in [-0.2, -0.15) is 0 Å². The summed E-state index contributed by atoms with van der Waals surface area (Å²) in [6, 6.07) is 14.4. The van der Waals surface area contributed by atoms with E-state index in [1.54, 1.807) is 0 Å². The van der Waals surface area contributed by atoms with E-state index in [0.717, 1.165) is 6.07 Å². The summed E-state index contributed by atoms with van der Waals surface area (Å²) < 4.78 is 0. The van der Waals surface area contributed by atoms with Gasteiger partial charge in [-0.3, -0.25) is 0 Å². The van der Waals surface area contributed by atoms with Crippen LogP contribution in [0.15, 0.2) is 48.5 Å². The van der Waals surface area contributed by atoms with Crippen molar-refractivity contribution in [2.75, 3.05) is 0 Å². The average molecular weight is 285 g/mol. The lowest BCUT2D eigenvalue weighted by molar-refractivity contribution is 0.0693. The van der Waals surface area contributed by atoms with Crippen molar-refractivity contribution in [3.05, 3.63) is 64.1 Å². The van der Waals surface area contributed by atoms with Crippen LogP contribution < -0.4 is 0 Å². The van der Waals surface area contributed by atoms with Crippen molar-refractivity contribution >= 4 is 29.2 Å². The first-order valence-electron chi connectivity index (χ1n) is 4.93. The van der Waals surface area contributed by atoms with Crippen LogP contribution in [0.5, 0.6) is 5.75 Å². The molecule has 0 aromatic heterocycles. The topological polar surface area (TPSA) is 57.5 Å². The minimum Gasteiger partial charge on any atom is -0.505 e. The molecule has 0 radical (unpaired) electrons. The van der Waals surface area contributed by atoms with Gasteiger partial charge in [-0.15, -0.1) is 0 Å². The molecule has 2 aromatic carbocycles. The summed E-state index contributed by atoms with van der Waals surface area (Å²) in [7, 11) is 0. The molecule has 0 atom stereocenters. The monoisotopic (exact) mass is 284 g/mol. The van der Waals surface area contributed by atoms with Gasteiger partial charge >= 0.3 is 5.97 Å². The third kappa shape index (κ3) is 4.28. The summed E-state index contributed by atoms with van der Waals surface area (Å²) in [5, 5.41) is 17.8. The molecule has 0 aliphatic rings. The highest BCUT2D eigenvalue weighted by Crippen LogP contribution is 2.30. The van der Waals surface area contributed by atoms with Crippen LogP contribution in [0, 0.1) is 0 Å². The SMILES string of the molecule is O=C(O)c1cc(Cl)cc(Cl)c1O.c1ccccc1. The molecule has 18 heavy (non-hydrogen) atoms. The van der Waals surface area contributed by atoms with Crippen molar-refractivity contribution in [3.8, 4) is 5.75 Å². The Morgan fingerprint density at radius 1 is 0.944 bits per heavy atom. The lowest BCUT2D eigenvalue weighted by Gasteiger charge is -2.01. The largest absolute Gasteiger partial charge is 0.505 e. The zero-order valence-corrected chi connectivity index (χ0v) is 10.7. The molecule has 0 heterocycles. The smallest absolute Gasteiger partial charge is 0.339 e. The molecule has 5 heteroatoms. The maximum atomic E-state index is 10.4. The van der Waals surface area contributed by atoms with Crippen LogP contribution in [-0.2, 0) is 0 Å². The molecule has 0 bridgehead atoms. The molecule has 0 amide bonds. The van der Waals surface area contributed by atoms with Crippen molar-refractivity contribution in [2.24, 2.45) is 0 Å². The van der Waals surface area contributed by atoms with Gasteiger partial charge in [0.1, 0.15) is 11.3 Å². The maximum absolute atomic E-state index is 10.4. The maximum Gasteiger partial charge on any atom is 0.339 e. The third-order valence-corrected chi connectivity index (χ3v) is 2.43. The van der Waals surface area contributed by atoms with Gasteiger partial charge in [0, 0.05) is 5.02 Å². The molecule has 2 N–H and O–H groups in total. The van der Waals surface area contributed by atoms with E-state index in [4.69, 9.17) is 33.4 Å². The molecular weight excluding hydrogens is 275 g/mol. The van der Waals surface area contributed by atoms with Gasteiger partial charge in [0.05, 0.1) is 5.02 Å². The van der Waals surface area contributed by atoms with E-state index >= 15 is 0 Å². The molecule has 0 aliphatic heterocycles. The Morgan fingerprint density at radius 3 is 1.78 bits per heavy atom. The molecule has 0 spiro atoms. The summed E-state index contributed by atoms with van der Waals surface area (Å²) in [6.45, 7) is 0. The molecule has 0 fully saturated rings. The van der Waals surface area contributed by atoms with Gasteiger partial charge in [-0.1, -0.05) is 59.6 Å². The number of hydrogen-bond acceptors (Lipinski definition) is 2. The summed E-state index contributed by atoms with van der Waals surface area (Å²) in [5.41, 5.74) is -0.299. The first-order valence-corrected chi connectivity index (χ1v) is 5.69. The second kappa shape index (κ2) is 6.89. The normalized spacial score (nSPS) is 9.22. The van der Waals surface area contributed by atoms with E-state index in [1.807, 2.05) is 36.4 Å². The van der Waals surface area contributed by atoms with Crippen LogP contribution >= 0.6 is 23.2 Å². The summed E-state index contributed by atoms with van der Waals surface area (Å²) in [4.78, 5) is 10.4. The highest BCUT2D eigenvalue weighted by Gasteiger charge is 2.13. The Labute approximate surface area is 114 Å². The van der Waals surface area contributed by atoms with E-state index < -0.39 is 11.7 Å². The highest BCUT2D eigenvalue weighted by atomic mass is 35.5. The predicted molar refractivity (Wildman–Crippen MR) is 71.5 cm³/mol. The fraction of sp³-hybridized carbons (Fsp3) is 0. The Kier molecular flexibility index (Phi) is 5.49. The van der Waals surface area contributed by atoms with E-state index in [2.05, 4.69) is 0 Å². The van der Waals surface area contributed by atoms with Crippen molar-refractivity contribution in [3.63, 3.8) is 0 Å². The number of hydrogen-bond donors (Lipinski definition) is 2. The zero-order valence-electron chi connectivity index (χ0n) is 9.18. The Balaban J connectivity index is 0.000000225. The standard InChI is InChI=1S/C7H4Cl2O3.C6H6/c8-3-1-4(7(11)12)6(10)5(9)2-3;1-2-4-6-5-3-1/h1-2,10H,(H,11,12);1-6H. The van der Waals surface area contributed by atoms with Crippen LogP contribution in [0.3, 0.4) is 0 Å². The number of carbonyl (C=O) groups is 1. The number of rotatable bonds is 1. The summed E-state index contributed by atoms with van der Waals surface area (Å²) in [6.07, 6.45) is 0. The minimum atomic E-state index is -1.27. The number of phenols is 1. The Hall–Kier alpha value is -1.71. The van der Waals surface area contributed by atoms with Crippen LogP contribution in [0.1, 0.15) is 10.4 Å². The number of aromatic hydroxyl groups is 1. The molecule has 0 saturated heterocycles. The van der Waals surface area contributed by atoms with Crippen molar-refractivity contribution in [1.82, 2.24) is 0 Å². The molecule has 0 aliphatic carbocycles. The first-order chi connectivity index (χ1) is 8.52. The van der Waals surface area contributed by atoms with Crippen LogP contribution in [0.2, 0.25) is 10.0 Å². The molecule has 94 valence electrons. The first kappa shape index (κ1) is 14.4. The molecular formula is C13H10Cl2O3. The van der Waals surface area contributed by atoms with Crippen LogP contribution in [-0.4, -0.2) is 16.2 Å². The Bertz CT molecular complexity index is 501. The van der Waals surface area contributed by atoms with Crippen LogP contribution in [0.25, 0.3) is 0 Å². The number of carboxylic acids is 1. The van der Waals surface area contributed by atoms with Gasteiger partial charge < -0.3 is 10.2 Å². The molecule has 3 nitrogen and oxygen atoms in total. The fourth-order valence-electron chi connectivity index (χ4n) is 1.11. The van der Waals surface area contributed by atoms with Gasteiger partial charge in [0.2, 0.25) is 0 Å². The molecule has 0 saturated carbocycles. The Morgan fingerprint density at radius 2 is 1.39 bits per heavy atom. The van der Waals surface area contributed by atoms with Gasteiger partial charge in [-0.25, -0.2) is 4.79 Å². The average Bonchev–Trinajstić information content (AvgIpc) is 2.36. The highest BCUT2D eigenvalue weighted by molar-refractivity contribution is 6.36. The van der Waals surface area contributed by atoms with E-state index in [1.165, 1.54) is 6.07 Å². The summed E-state index contributed by atoms with van der Waals surface area (Å²) >= 11 is 11.0. The van der Waals surface area contributed by atoms with E-state index in [0.29, 0.717) is 0 Å². The minimum absolute atomic E-state index is 0.0695. The molecule has 0 unspecified atom stereocenters. The number of halogens is 2. The fourth-order valence-corrected chi connectivity index (χ4v) is 1.61. The van der Waals surface area contributed by atoms with Crippen molar-refractivity contribution in [1.29, 1.82) is 0 Å². The van der Waals surface area contributed by atoms with Crippen LogP contribution in [0.4, 0.5) is 0 Å². The predicted octanol–water partition coefficient (Wildman–Crippen LogP) is 4.08.